The highest BCUT2D eigenvalue weighted by Crippen LogP contribution is 2.41. The number of allylic oxidation sites excluding steroid dienone is 8. The summed E-state index contributed by atoms with van der Waals surface area (Å²) in [6.07, 6.45) is 26.1. The van der Waals surface area contributed by atoms with Crippen molar-refractivity contribution in [2.45, 2.75) is 59.8 Å². The third kappa shape index (κ3) is 8.27. The highest BCUT2D eigenvalue weighted by molar-refractivity contribution is 6.24. The van der Waals surface area contributed by atoms with Gasteiger partial charge >= 0.3 is 0 Å². The molecule has 2 aliphatic rings. The summed E-state index contributed by atoms with van der Waals surface area (Å²) in [5.74, 6) is 2.34. The lowest BCUT2D eigenvalue weighted by Crippen LogP contribution is -2.05. The Morgan fingerprint density at radius 2 is 1.47 bits per heavy atom. The zero-order valence-corrected chi connectivity index (χ0v) is 33.1. The van der Waals surface area contributed by atoms with Crippen molar-refractivity contribution in [2.75, 3.05) is 0 Å². The van der Waals surface area contributed by atoms with Crippen LogP contribution in [-0.2, 0) is 13.5 Å². The van der Waals surface area contributed by atoms with Gasteiger partial charge in [0.2, 0.25) is 0 Å². The average Bonchev–Trinajstić information content (AvgIpc) is 3.76. The zero-order valence-electron chi connectivity index (χ0n) is 33.1. The molecule has 9 rings (SSSR count). The van der Waals surface area contributed by atoms with Gasteiger partial charge in [-0.2, -0.15) is 0 Å². The van der Waals surface area contributed by atoms with Crippen LogP contribution in [0.3, 0.4) is 0 Å². The molecule has 0 radical (unpaired) electrons. The van der Waals surface area contributed by atoms with Crippen molar-refractivity contribution in [3.8, 4) is 24.2 Å². The fourth-order valence-corrected chi connectivity index (χ4v) is 7.34. The number of nitrogens with zero attached hydrogens (tertiary/aromatic N) is 4. The number of fused-ring (bicyclic) bond motifs is 2. The van der Waals surface area contributed by atoms with Crippen LogP contribution in [0.15, 0.2) is 140 Å². The van der Waals surface area contributed by atoms with E-state index in [4.69, 9.17) is 15.0 Å². The summed E-state index contributed by atoms with van der Waals surface area (Å²) in [6, 6.07) is 34.2. The maximum absolute atomic E-state index is 4.84. The van der Waals surface area contributed by atoms with E-state index >= 15 is 0 Å². The number of hydrogen-bond donors (Lipinski definition) is 0. The van der Waals surface area contributed by atoms with Crippen molar-refractivity contribution in [3.05, 3.63) is 168 Å². The van der Waals surface area contributed by atoms with Crippen LogP contribution < -0.4 is 0 Å². The van der Waals surface area contributed by atoms with Crippen LogP contribution in [0, 0.1) is 12.8 Å². The second kappa shape index (κ2) is 19.1. The van der Waals surface area contributed by atoms with Crippen LogP contribution in [0.5, 0.6) is 0 Å². The molecule has 4 nitrogen and oxygen atoms in total. The van der Waals surface area contributed by atoms with Gasteiger partial charge in [0.1, 0.15) is 0 Å². The number of hydrogen-bond acceptors (Lipinski definition) is 3. The molecule has 0 saturated carbocycles. The normalized spacial score (nSPS) is 14.2. The van der Waals surface area contributed by atoms with Crippen LogP contribution in [0.25, 0.3) is 61.2 Å². The highest BCUT2D eigenvalue weighted by Gasteiger charge is 2.19. The number of benzene rings is 5. The topological polar surface area (TPSA) is 43.6 Å². The molecule has 1 unspecified atom stereocenters. The Morgan fingerprint density at radius 3 is 2.18 bits per heavy atom. The van der Waals surface area contributed by atoms with E-state index in [1.165, 1.54) is 49.3 Å². The second-order valence-electron chi connectivity index (χ2n) is 12.7. The third-order valence-corrected chi connectivity index (χ3v) is 9.85. The Hall–Kier alpha value is -6.31. The van der Waals surface area contributed by atoms with Crippen molar-refractivity contribution in [1.29, 1.82) is 0 Å². The van der Waals surface area contributed by atoms with Gasteiger partial charge < -0.3 is 4.57 Å². The molecule has 276 valence electrons. The molecule has 0 bridgehead atoms. The van der Waals surface area contributed by atoms with Crippen LogP contribution >= 0.6 is 0 Å². The van der Waals surface area contributed by atoms with Crippen molar-refractivity contribution >= 4 is 49.8 Å². The average molecular weight is 721 g/mol. The predicted molar refractivity (Wildman–Crippen MR) is 239 cm³/mol. The molecule has 0 N–H and O–H groups in total. The van der Waals surface area contributed by atoms with Gasteiger partial charge in [0.25, 0.3) is 0 Å². The van der Waals surface area contributed by atoms with E-state index in [1.54, 1.807) is 6.08 Å². The molecule has 1 atom stereocenters. The molecule has 2 aromatic heterocycles. The van der Waals surface area contributed by atoms with Gasteiger partial charge in [-0.25, -0.2) is 15.0 Å². The van der Waals surface area contributed by atoms with Crippen molar-refractivity contribution in [3.63, 3.8) is 0 Å². The minimum atomic E-state index is 0.331. The first-order valence-electron chi connectivity index (χ1n) is 19.4. The third-order valence-electron chi connectivity index (χ3n) is 9.85. The number of terminal acetylenes is 1. The lowest BCUT2D eigenvalue weighted by Gasteiger charge is -2.13. The summed E-state index contributed by atoms with van der Waals surface area (Å²) in [5, 5.41) is 5.65. The quantitative estimate of drug-likeness (QED) is 0.101. The van der Waals surface area contributed by atoms with E-state index in [0.717, 1.165) is 36.0 Å². The molecule has 2 heterocycles. The standard InChI is InChI=1S/C27H25N3.C18H13N.2C2H6.C2H2/c1-3-20(4-2)25-28-26(22-15-9-6-10-16-22)30-27(29-25)24-18-12-11-17-23(19-24)21-13-7-5-8-14-21;1-19-15-7-3-4-11-8-9-14-13-6-2-5-12(13)10-16(19)18(14)17(11)15;3*1-2/h3-10,12-16,18-19,23H,1,11,17H2,2H3;2-5,7-10H,6H2,1H3;2*1-2H3;1-2H/b20-4+;;;;. The summed E-state index contributed by atoms with van der Waals surface area (Å²) >= 11 is 0. The fourth-order valence-electron chi connectivity index (χ4n) is 7.34. The number of aromatic nitrogens is 4. The van der Waals surface area contributed by atoms with Gasteiger partial charge in [0.15, 0.2) is 17.5 Å². The Balaban J connectivity index is 0.000000198. The molecule has 5 aromatic carbocycles. The van der Waals surface area contributed by atoms with Crippen molar-refractivity contribution in [2.24, 2.45) is 7.05 Å². The Labute approximate surface area is 327 Å². The first-order chi connectivity index (χ1) is 27.1. The molecule has 0 saturated heterocycles. The molecule has 4 heteroatoms. The monoisotopic (exact) mass is 720 g/mol. The Kier molecular flexibility index (Phi) is 13.9. The van der Waals surface area contributed by atoms with Gasteiger partial charge in [0, 0.05) is 46.0 Å². The lowest BCUT2D eigenvalue weighted by molar-refractivity contribution is 0.756. The van der Waals surface area contributed by atoms with E-state index < -0.39 is 0 Å². The smallest absolute Gasteiger partial charge is 0.164 e. The first kappa shape index (κ1) is 39.9. The molecule has 0 fully saturated rings. The highest BCUT2D eigenvalue weighted by atomic mass is 15.0. The molecule has 7 aromatic rings. The van der Waals surface area contributed by atoms with Gasteiger partial charge in [-0.05, 0) is 65.8 Å². The van der Waals surface area contributed by atoms with Crippen LogP contribution in [-0.4, -0.2) is 19.5 Å². The van der Waals surface area contributed by atoms with Gasteiger partial charge in [-0.3, -0.25) is 0 Å². The van der Waals surface area contributed by atoms with Gasteiger partial charge in [0.05, 0.1) is 5.52 Å². The summed E-state index contributed by atoms with van der Waals surface area (Å²) < 4.78 is 2.33. The summed E-state index contributed by atoms with van der Waals surface area (Å²) in [4.78, 5) is 14.4. The molecular weight excluding hydrogens is 669 g/mol. The second-order valence-corrected chi connectivity index (χ2v) is 12.7. The Morgan fingerprint density at radius 1 is 0.764 bits per heavy atom. The molecule has 0 spiro atoms. The summed E-state index contributed by atoms with van der Waals surface area (Å²) in [6.45, 7) is 13.9. The molecule has 55 heavy (non-hydrogen) atoms. The van der Waals surface area contributed by atoms with Crippen molar-refractivity contribution < 1.29 is 0 Å². The van der Waals surface area contributed by atoms with Gasteiger partial charge in [-0.1, -0.05) is 162 Å². The van der Waals surface area contributed by atoms with E-state index in [9.17, 15) is 0 Å². The van der Waals surface area contributed by atoms with Crippen LogP contribution in [0.2, 0.25) is 0 Å². The predicted octanol–water partition coefficient (Wildman–Crippen LogP) is 13.4. The SMILES string of the molecule is C#C.C=C/C(=C\C)c1nc(C2=CC(c3ccccc3)CCC=C2)nc(-c2ccccc2)n1.CC.CC.Cn1c2cccc3ccc4c5c(cc1c4c32)C=CC5. The summed E-state index contributed by atoms with van der Waals surface area (Å²) in [5.41, 5.74) is 9.79. The van der Waals surface area contributed by atoms with Crippen molar-refractivity contribution in [1.82, 2.24) is 19.5 Å². The maximum Gasteiger partial charge on any atom is 0.164 e. The lowest BCUT2D eigenvalue weighted by atomic mass is 9.93. The maximum atomic E-state index is 4.84. The zero-order chi connectivity index (χ0) is 39.3. The summed E-state index contributed by atoms with van der Waals surface area (Å²) in [7, 11) is 2.18. The van der Waals surface area contributed by atoms with E-state index in [1.807, 2.05) is 71.0 Å². The fraction of sp³-hybridized carbons (Fsp3) is 0.196. The minimum absolute atomic E-state index is 0.331. The molecule has 0 amide bonds. The van der Waals surface area contributed by atoms with Crippen LogP contribution in [0.4, 0.5) is 0 Å². The van der Waals surface area contributed by atoms with E-state index in [-0.39, 0.29) is 0 Å². The largest absolute Gasteiger partial charge is 0.344 e. The number of aryl methyl sites for hydroxylation is 1. The Bertz CT molecular complexity index is 2490. The molecule has 0 aliphatic heterocycles. The number of rotatable bonds is 5. The first-order valence-corrected chi connectivity index (χ1v) is 19.4. The molecule has 2 aliphatic carbocycles. The minimum Gasteiger partial charge on any atom is -0.344 e. The van der Waals surface area contributed by atoms with E-state index in [2.05, 4.69) is 128 Å². The van der Waals surface area contributed by atoms with Crippen LogP contribution in [0.1, 0.15) is 81.7 Å². The van der Waals surface area contributed by atoms with Gasteiger partial charge in [-0.15, -0.1) is 12.8 Å². The van der Waals surface area contributed by atoms with E-state index in [0.29, 0.717) is 23.4 Å². The molecular formula is C51H52N4.